The number of rotatable bonds is 2. The van der Waals surface area contributed by atoms with Gasteiger partial charge in [-0.1, -0.05) is 12.8 Å². The predicted octanol–water partition coefficient (Wildman–Crippen LogP) is 1.82. The van der Waals surface area contributed by atoms with Crippen LogP contribution in [0.4, 0.5) is 0 Å². The molecule has 0 aromatic carbocycles. The molecule has 0 atom stereocenters. The minimum Gasteiger partial charge on any atom is -0.400 e. The van der Waals surface area contributed by atoms with Gasteiger partial charge in [-0.3, -0.25) is 0 Å². The summed E-state index contributed by atoms with van der Waals surface area (Å²) in [7, 11) is 1.00. The molecule has 90 valence electrons. The lowest BCUT2D eigenvalue weighted by Gasteiger charge is -2.27. The molecule has 2 saturated carbocycles. The van der Waals surface area contributed by atoms with Crippen LogP contribution in [-0.4, -0.2) is 24.3 Å². The summed E-state index contributed by atoms with van der Waals surface area (Å²) >= 11 is 0. The molecule has 2 nitrogen and oxygen atoms in total. The van der Waals surface area contributed by atoms with Gasteiger partial charge in [0.15, 0.2) is 0 Å². The number of aliphatic hydroxyl groups is 1. The summed E-state index contributed by atoms with van der Waals surface area (Å²) in [6.07, 6.45) is 15.0. The fourth-order valence-electron chi connectivity index (χ4n) is 3.04. The fraction of sp³-hybridized carbons (Fsp3) is 1.00. The van der Waals surface area contributed by atoms with Crippen molar-refractivity contribution in [3.05, 3.63) is 0 Å². The number of hydrogen-bond donors (Lipinski definition) is 2. The van der Waals surface area contributed by atoms with Crippen molar-refractivity contribution in [1.29, 1.82) is 0 Å². The first-order chi connectivity index (χ1) is 7.45. The van der Waals surface area contributed by atoms with Gasteiger partial charge in [-0.15, -0.1) is 0 Å². The van der Waals surface area contributed by atoms with Crippen LogP contribution in [0.3, 0.4) is 0 Å². The molecule has 2 aliphatic carbocycles. The maximum Gasteiger partial charge on any atom is 0.0861 e. The first kappa shape index (κ1) is 13.0. The van der Waals surface area contributed by atoms with E-state index in [1.807, 2.05) is 0 Å². The summed E-state index contributed by atoms with van der Waals surface area (Å²) in [5.74, 6) is 0. The van der Waals surface area contributed by atoms with Gasteiger partial charge in [0.25, 0.3) is 0 Å². The van der Waals surface area contributed by atoms with Gasteiger partial charge in [-0.05, 0) is 51.4 Å². The van der Waals surface area contributed by atoms with Gasteiger partial charge in [0.2, 0.25) is 0 Å². The number of quaternary nitrogens is 1. The van der Waals surface area contributed by atoms with Crippen LogP contribution in [0.5, 0.6) is 0 Å². The van der Waals surface area contributed by atoms with Gasteiger partial charge < -0.3 is 10.4 Å². The topological polar surface area (TPSA) is 36.8 Å². The van der Waals surface area contributed by atoms with Crippen LogP contribution in [0.15, 0.2) is 0 Å². The van der Waals surface area contributed by atoms with Crippen molar-refractivity contribution >= 4 is 0 Å². The second kappa shape index (κ2) is 8.12. The monoisotopic (exact) mass is 214 g/mol. The van der Waals surface area contributed by atoms with E-state index in [1.165, 1.54) is 64.2 Å². The Hall–Kier alpha value is -0.0800. The molecular weight excluding hydrogens is 186 g/mol. The Kier molecular flexibility index (Phi) is 7.03. The highest BCUT2D eigenvalue weighted by Crippen LogP contribution is 2.18. The molecule has 2 aliphatic rings. The standard InChI is InChI=1S/C12H23N.CH4O/c1-3-7-11(8-4-1)13-12-9-5-2-6-10-12;1-2/h11-13H,1-10H2;2H,1H3/p+1. The Morgan fingerprint density at radius 3 is 1.33 bits per heavy atom. The van der Waals surface area contributed by atoms with E-state index in [4.69, 9.17) is 5.11 Å². The number of nitrogens with two attached hydrogens (primary N) is 1. The van der Waals surface area contributed by atoms with Crippen LogP contribution in [-0.2, 0) is 0 Å². The molecule has 0 amide bonds. The van der Waals surface area contributed by atoms with E-state index in [0.29, 0.717) is 0 Å². The molecule has 2 rings (SSSR count). The summed E-state index contributed by atoms with van der Waals surface area (Å²) < 4.78 is 0. The van der Waals surface area contributed by atoms with E-state index in [9.17, 15) is 0 Å². The largest absolute Gasteiger partial charge is 0.400 e. The summed E-state index contributed by atoms with van der Waals surface area (Å²) in [5, 5.41) is 9.72. The molecule has 3 N–H and O–H groups in total. The zero-order valence-corrected chi connectivity index (χ0v) is 10.3. The van der Waals surface area contributed by atoms with E-state index in [-0.39, 0.29) is 0 Å². The average Bonchev–Trinajstić information content (AvgIpc) is 2.34. The lowest BCUT2D eigenvalue weighted by molar-refractivity contribution is -0.725. The van der Waals surface area contributed by atoms with Crippen LogP contribution in [0.25, 0.3) is 0 Å². The van der Waals surface area contributed by atoms with Crippen molar-refractivity contribution in [3.8, 4) is 0 Å². The van der Waals surface area contributed by atoms with E-state index < -0.39 is 0 Å². The maximum atomic E-state index is 7.00. The molecule has 0 aliphatic heterocycles. The lowest BCUT2D eigenvalue weighted by Crippen LogP contribution is -2.95. The molecule has 2 heteroatoms. The Balaban J connectivity index is 0.000000531. The summed E-state index contributed by atoms with van der Waals surface area (Å²) in [5.41, 5.74) is 0. The molecule has 2 fully saturated rings. The zero-order valence-electron chi connectivity index (χ0n) is 10.3. The van der Waals surface area contributed by atoms with Crippen molar-refractivity contribution in [2.75, 3.05) is 7.11 Å². The number of hydrogen-bond acceptors (Lipinski definition) is 1. The van der Waals surface area contributed by atoms with Crippen LogP contribution >= 0.6 is 0 Å². The Bertz CT molecular complexity index is 121. The van der Waals surface area contributed by atoms with Crippen LogP contribution in [0, 0.1) is 0 Å². The van der Waals surface area contributed by atoms with E-state index in [1.54, 1.807) is 0 Å². The highest BCUT2D eigenvalue weighted by molar-refractivity contribution is 4.67. The van der Waals surface area contributed by atoms with Crippen molar-refractivity contribution < 1.29 is 10.4 Å². The molecule has 0 radical (unpaired) electrons. The zero-order chi connectivity index (χ0) is 10.9. The molecular formula is C13H28NO+. The van der Waals surface area contributed by atoms with E-state index >= 15 is 0 Å². The molecule has 0 saturated heterocycles. The Morgan fingerprint density at radius 2 is 1.00 bits per heavy atom. The van der Waals surface area contributed by atoms with Gasteiger partial charge in [0, 0.05) is 7.11 Å². The molecule has 15 heavy (non-hydrogen) atoms. The fourth-order valence-corrected chi connectivity index (χ4v) is 3.04. The average molecular weight is 214 g/mol. The van der Waals surface area contributed by atoms with Gasteiger partial charge in [-0.2, -0.15) is 0 Å². The lowest BCUT2D eigenvalue weighted by atomic mass is 9.91. The van der Waals surface area contributed by atoms with Crippen molar-refractivity contribution in [2.45, 2.75) is 76.3 Å². The van der Waals surface area contributed by atoms with Crippen LogP contribution < -0.4 is 5.32 Å². The first-order valence-corrected chi connectivity index (χ1v) is 6.75. The minimum absolute atomic E-state index is 0.997. The van der Waals surface area contributed by atoms with Gasteiger partial charge in [0.05, 0.1) is 12.1 Å². The van der Waals surface area contributed by atoms with Crippen molar-refractivity contribution in [1.82, 2.24) is 0 Å². The Morgan fingerprint density at radius 1 is 0.667 bits per heavy atom. The second-order valence-electron chi connectivity index (χ2n) is 4.99. The van der Waals surface area contributed by atoms with E-state index in [2.05, 4.69) is 5.32 Å². The van der Waals surface area contributed by atoms with Crippen LogP contribution in [0.2, 0.25) is 0 Å². The molecule has 0 unspecified atom stereocenters. The number of aliphatic hydroxyl groups excluding tert-OH is 1. The quantitative estimate of drug-likeness (QED) is 0.723. The SMILES string of the molecule is C1CCC([NH2+]C2CCCCC2)CC1.CO. The normalized spacial score (nSPS) is 24.4. The molecule has 0 heterocycles. The van der Waals surface area contributed by atoms with Crippen LogP contribution in [0.1, 0.15) is 64.2 Å². The first-order valence-electron chi connectivity index (χ1n) is 6.75. The molecule has 0 aromatic heterocycles. The van der Waals surface area contributed by atoms with Gasteiger partial charge >= 0.3 is 0 Å². The highest BCUT2D eigenvalue weighted by Gasteiger charge is 2.22. The summed E-state index contributed by atoms with van der Waals surface area (Å²) in [6, 6.07) is 1.99. The Labute approximate surface area is 94.5 Å². The third kappa shape index (κ3) is 4.98. The summed E-state index contributed by atoms with van der Waals surface area (Å²) in [4.78, 5) is 0. The summed E-state index contributed by atoms with van der Waals surface area (Å²) in [6.45, 7) is 0. The maximum absolute atomic E-state index is 7.00. The molecule has 0 spiro atoms. The highest BCUT2D eigenvalue weighted by atomic mass is 16.2. The van der Waals surface area contributed by atoms with Crippen molar-refractivity contribution in [3.63, 3.8) is 0 Å². The smallest absolute Gasteiger partial charge is 0.0861 e. The molecule has 0 aromatic rings. The molecule has 0 bridgehead atoms. The van der Waals surface area contributed by atoms with E-state index in [0.717, 1.165) is 19.2 Å². The minimum atomic E-state index is 0.997. The third-order valence-corrected chi connectivity index (χ3v) is 3.84. The van der Waals surface area contributed by atoms with Crippen molar-refractivity contribution in [2.24, 2.45) is 0 Å². The predicted molar refractivity (Wildman–Crippen MR) is 63.8 cm³/mol. The second-order valence-corrected chi connectivity index (χ2v) is 4.99. The van der Waals surface area contributed by atoms with Gasteiger partial charge in [-0.25, -0.2) is 0 Å². The third-order valence-electron chi connectivity index (χ3n) is 3.84. The van der Waals surface area contributed by atoms with Gasteiger partial charge in [0.1, 0.15) is 0 Å².